The van der Waals surface area contributed by atoms with Crippen LogP contribution in [0.5, 0.6) is 0 Å². The van der Waals surface area contributed by atoms with Gasteiger partial charge in [0.1, 0.15) is 0 Å². The number of aliphatic carboxylic acids is 1. The van der Waals surface area contributed by atoms with E-state index in [-0.39, 0.29) is 6.42 Å². The smallest absolute Gasteiger partial charge is 0.307 e. The van der Waals surface area contributed by atoms with E-state index in [0.29, 0.717) is 32.4 Å². The van der Waals surface area contributed by atoms with Gasteiger partial charge in [0.25, 0.3) is 0 Å². The van der Waals surface area contributed by atoms with Crippen LogP contribution < -0.4 is 5.73 Å². The number of carbonyl (C=O) groups is 1. The van der Waals surface area contributed by atoms with E-state index in [0.717, 1.165) is 0 Å². The van der Waals surface area contributed by atoms with Crippen LogP contribution in [0, 0.1) is 0 Å². The van der Waals surface area contributed by atoms with Crippen LogP contribution in [0.3, 0.4) is 0 Å². The highest BCUT2D eigenvalue weighted by atomic mass is 35.5. The van der Waals surface area contributed by atoms with E-state index in [1.54, 1.807) is 30.3 Å². The fourth-order valence-corrected chi connectivity index (χ4v) is 2.32. The molecule has 0 saturated heterocycles. The fourth-order valence-electron chi connectivity index (χ4n) is 1.93. The maximum Gasteiger partial charge on any atom is 0.307 e. The van der Waals surface area contributed by atoms with Crippen molar-refractivity contribution in [3.05, 3.63) is 52.0 Å². The third-order valence-electron chi connectivity index (χ3n) is 2.76. The number of anilines is 1. The molecule has 98 valence electrons. The standard InChI is InChI=1S/C14H11Cl2NO2/c15-10-4-2-1-3-9(10)13-8(7-12(18)19)5-6-11(16)14(13)17/h1-6H,7,17H2,(H,18,19). The summed E-state index contributed by atoms with van der Waals surface area (Å²) in [5.74, 6) is -0.935. The van der Waals surface area contributed by atoms with Gasteiger partial charge in [-0.05, 0) is 17.7 Å². The molecule has 5 heteroatoms. The highest BCUT2D eigenvalue weighted by molar-refractivity contribution is 6.35. The normalized spacial score (nSPS) is 10.4. The minimum atomic E-state index is -0.935. The Kier molecular flexibility index (Phi) is 3.98. The van der Waals surface area contributed by atoms with Gasteiger partial charge in [-0.15, -0.1) is 0 Å². The molecule has 2 aromatic rings. The Balaban J connectivity index is 2.69. The molecule has 0 radical (unpaired) electrons. The Morgan fingerprint density at radius 1 is 1.11 bits per heavy atom. The lowest BCUT2D eigenvalue weighted by Crippen LogP contribution is -2.04. The van der Waals surface area contributed by atoms with Crippen molar-refractivity contribution in [3.8, 4) is 11.1 Å². The van der Waals surface area contributed by atoms with Crippen molar-refractivity contribution in [1.29, 1.82) is 0 Å². The van der Waals surface area contributed by atoms with Gasteiger partial charge in [0, 0.05) is 16.1 Å². The molecule has 0 spiro atoms. The zero-order chi connectivity index (χ0) is 14.0. The number of carboxylic acids is 1. The van der Waals surface area contributed by atoms with Crippen LogP contribution in [0.25, 0.3) is 11.1 Å². The summed E-state index contributed by atoms with van der Waals surface area (Å²) in [5, 5.41) is 9.84. The van der Waals surface area contributed by atoms with Gasteiger partial charge in [-0.25, -0.2) is 0 Å². The summed E-state index contributed by atoms with van der Waals surface area (Å²) in [6.07, 6.45) is -0.137. The molecule has 0 heterocycles. The van der Waals surface area contributed by atoms with E-state index in [1.807, 2.05) is 6.07 Å². The van der Waals surface area contributed by atoms with Gasteiger partial charge >= 0.3 is 5.97 Å². The van der Waals surface area contributed by atoms with Crippen LogP contribution in [0.1, 0.15) is 5.56 Å². The van der Waals surface area contributed by atoms with Crippen molar-refractivity contribution in [2.75, 3.05) is 5.73 Å². The molecule has 0 aliphatic carbocycles. The molecular formula is C14H11Cl2NO2. The van der Waals surface area contributed by atoms with E-state index < -0.39 is 5.97 Å². The second-order valence-corrected chi connectivity index (χ2v) is 4.86. The third-order valence-corrected chi connectivity index (χ3v) is 3.42. The number of nitrogen functional groups attached to an aromatic ring is 1. The van der Waals surface area contributed by atoms with Crippen molar-refractivity contribution >= 4 is 34.9 Å². The molecule has 3 N–H and O–H groups in total. The summed E-state index contributed by atoms with van der Waals surface area (Å²) in [7, 11) is 0. The summed E-state index contributed by atoms with van der Waals surface area (Å²) < 4.78 is 0. The Labute approximate surface area is 120 Å². The van der Waals surface area contributed by atoms with E-state index in [1.165, 1.54) is 0 Å². The average Bonchev–Trinajstić information content (AvgIpc) is 2.35. The molecule has 0 bridgehead atoms. The first-order valence-electron chi connectivity index (χ1n) is 5.54. The highest BCUT2D eigenvalue weighted by Gasteiger charge is 2.16. The van der Waals surface area contributed by atoms with Gasteiger partial charge in [0.05, 0.1) is 17.1 Å². The minimum absolute atomic E-state index is 0.137. The number of rotatable bonds is 3. The lowest BCUT2D eigenvalue weighted by molar-refractivity contribution is -0.136. The summed E-state index contributed by atoms with van der Waals surface area (Å²) in [6.45, 7) is 0. The molecule has 0 amide bonds. The molecule has 0 fully saturated rings. The SMILES string of the molecule is Nc1c(Cl)ccc(CC(=O)O)c1-c1ccccc1Cl. The van der Waals surface area contributed by atoms with Crippen molar-refractivity contribution in [1.82, 2.24) is 0 Å². The number of hydrogen-bond donors (Lipinski definition) is 2. The number of benzene rings is 2. The predicted octanol–water partition coefficient (Wildman–Crippen LogP) is 3.87. The molecule has 2 rings (SSSR count). The molecule has 0 atom stereocenters. The molecule has 0 unspecified atom stereocenters. The maximum absolute atomic E-state index is 10.9. The molecule has 3 nitrogen and oxygen atoms in total. The molecule has 0 aliphatic heterocycles. The van der Waals surface area contributed by atoms with Crippen LogP contribution in [0.4, 0.5) is 5.69 Å². The van der Waals surface area contributed by atoms with E-state index >= 15 is 0 Å². The Hall–Kier alpha value is -1.71. The van der Waals surface area contributed by atoms with Crippen molar-refractivity contribution in [2.45, 2.75) is 6.42 Å². The van der Waals surface area contributed by atoms with Crippen LogP contribution in [0.15, 0.2) is 36.4 Å². The zero-order valence-electron chi connectivity index (χ0n) is 9.86. The molecular weight excluding hydrogens is 285 g/mol. The fraction of sp³-hybridized carbons (Fsp3) is 0.0714. The number of hydrogen-bond acceptors (Lipinski definition) is 2. The topological polar surface area (TPSA) is 63.3 Å². The second kappa shape index (κ2) is 5.51. The quantitative estimate of drug-likeness (QED) is 0.845. The van der Waals surface area contributed by atoms with Crippen LogP contribution in [-0.4, -0.2) is 11.1 Å². The lowest BCUT2D eigenvalue weighted by Gasteiger charge is -2.14. The summed E-state index contributed by atoms with van der Waals surface area (Å²) in [6, 6.07) is 10.4. The zero-order valence-corrected chi connectivity index (χ0v) is 11.4. The Morgan fingerprint density at radius 2 is 1.79 bits per heavy atom. The Morgan fingerprint density at radius 3 is 2.42 bits per heavy atom. The van der Waals surface area contributed by atoms with Gasteiger partial charge in [0.15, 0.2) is 0 Å². The number of halogens is 2. The first-order chi connectivity index (χ1) is 9.00. The van der Waals surface area contributed by atoms with E-state index in [4.69, 9.17) is 34.0 Å². The van der Waals surface area contributed by atoms with Crippen molar-refractivity contribution < 1.29 is 9.90 Å². The first-order valence-corrected chi connectivity index (χ1v) is 6.30. The van der Waals surface area contributed by atoms with Crippen LogP contribution in [0.2, 0.25) is 10.0 Å². The lowest BCUT2D eigenvalue weighted by atomic mass is 9.96. The van der Waals surface area contributed by atoms with E-state index in [9.17, 15) is 4.79 Å². The second-order valence-electron chi connectivity index (χ2n) is 4.05. The van der Waals surface area contributed by atoms with Gasteiger partial charge in [-0.2, -0.15) is 0 Å². The molecule has 0 aliphatic rings. The monoisotopic (exact) mass is 295 g/mol. The summed E-state index contributed by atoms with van der Waals surface area (Å²) in [4.78, 5) is 10.9. The largest absolute Gasteiger partial charge is 0.481 e. The van der Waals surface area contributed by atoms with Crippen molar-refractivity contribution in [2.24, 2.45) is 0 Å². The van der Waals surface area contributed by atoms with Gasteiger partial charge in [0.2, 0.25) is 0 Å². The molecule has 2 aromatic carbocycles. The predicted molar refractivity (Wildman–Crippen MR) is 77.7 cm³/mol. The van der Waals surface area contributed by atoms with Gasteiger partial charge < -0.3 is 10.8 Å². The van der Waals surface area contributed by atoms with Gasteiger partial charge in [-0.1, -0.05) is 47.5 Å². The van der Waals surface area contributed by atoms with Gasteiger partial charge in [-0.3, -0.25) is 4.79 Å². The van der Waals surface area contributed by atoms with Crippen LogP contribution >= 0.6 is 23.2 Å². The molecule has 19 heavy (non-hydrogen) atoms. The van der Waals surface area contributed by atoms with E-state index in [2.05, 4.69) is 0 Å². The third kappa shape index (κ3) is 2.83. The first kappa shape index (κ1) is 13.7. The molecule has 0 saturated carbocycles. The van der Waals surface area contributed by atoms with Crippen LogP contribution in [-0.2, 0) is 11.2 Å². The number of nitrogens with two attached hydrogens (primary N) is 1. The average molecular weight is 296 g/mol. The summed E-state index contributed by atoms with van der Waals surface area (Å²) >= 11 is 12.2. The Bertz CT molecular complexity index is 641. The molecule has 0 aromatic heterocycles. The number of carboxylic acid groups (broad SMARTS) is 1. The minimum Gasteiger partial charge on any atom is -0.481 e. The summed E-state index contributed by atoms with van der Waals surface area (Å²) in [5.41, 5.74) is 8.17. The highest BCUT2D eigenvalue weighted by Crippen LogP contribution is 2.38. The van der Waals surface area contributed by atoms with Crippen molar-refractivity contribution in [3.63, 3.8) is 0 Å². The maximum atomic E-state index is 10.9.